The minimum atomic E-state index is 0.518. The van der Waals surface area contributed by atoms with Gasteiger partial charge in [0.2, 0.25) is 5.95 Å². The summed E-state index contributed by atoms with van der Waals surface area (Å²) in [6.07, 6.45) is 0. The molecular weight excluding hydrogens is 797 g/mol. The molecular formula is C58H34N6O. The zero-order valence-corrected chi connectivity index (χ0v) is 34.7. The normalized spacial score (nSPS) is 11.7. The molecule has 0 fully saturated rings. The van der Waals surface area contributed by atoms with Gasteiger partial charge in [-0.15, -0.1) is 0 Å². The Morgan fingerprint density at radius 2 is 0.954 bits per heavy atom. The number of furan rings is 1. The smallest absolute Gasteiger partial charge is 0.238 e. The molecule has 0 saturated carbocycles. The van der Waals surface area contributed by atoms with Crippen molar-refractivity contribution < 1.29 is 4.42 Å². The van der Waals surface area contributed by atoms with E-state index in [4.69, 9.17) is 25.9 Å². The van der Waals surface area contributed by atoms with Gasteiger partial charge in [0.15, 0.2) is 17.3 Å². The molecule has 0 N–H and O–H groups in total. The lowest BCUT2D eigenvalue weighted by atomic mass is 9.99. The number of rotatable bonds is 6. The van der Waals surface area contributed by atoms with Gasteiger partial charge in [0.25, 0.3) is 0 Å². The molecule has 9 aromatic carbocycles. The van der Waals surface area contributed by atoms with Crippen LogP contribution in [0.15, 0.2) is 211 Å². The van der Waals surface area contributed by atoms with E-state index in [0.717, 1.165) is 105 Å². The summed E-state index contributed by atoms with van der Waals surface area (Å²) >= 11 is 0. The molecule has 0 aliphatic heterocycles. The van der Waals surface area contributed by atoms with E-state index in [1.807, 2.05) is 66.7 Å². The molecule has 13 rings (SSSR count). The van der Waals surface area contributed by atoms with Crippen LogP contribution in [-0.4, -0.2) is 24.1 Å². The second-order valence-corrected chi connectivity index (χ2v) is 16.3. The van der Waals surface area contributed by atoms with Crippen molar-refractivity contribution in [3.8, 4) is 56.7 Å². The summed E-state index contributed by atoms with van der Waals surface area (Å²) in [7, 11) is 0. The number of hydrogen-bond donors (Lipinski definition) is 0. The summed E-state index contributed by atoms with van der Waals surface area (Å²) in [5, 5.41) is 6.43. The van der Waals surface area contributed by atoms with E-state index < -0.39 is 0 Å². The molecule has 7 nitrogen and oxygen atoms in total. The zero-order valence-electron chi connectivity index (χ0n) is 34.7. The summed E-state index contributed by atoms with van der Waals surface area (Å²) in [6.45, 7) is 7.64. The van der Waals surface area contributed by atoms with Gasteiger partial charge in [-0.3, -0.25) is 4.57 Å². The van der Waals surface area contributed by atoms with Crippen molar-refractivity contribution in [3.63, 3.8) is 0 Å². The molecule has 4 heterocycles. The molecule has 0 amide bonds. The third-order valence-corrected chi connectivity index (χ3v) is 12.6. The Morgan fingerprint density at radius 1 is 0.400 bits per heavy atom. The molecule has 13 aromatic rings. The van der Waals surface area contributed by atoms with Crippen molar-refractivity contribution in [3.05, 3.63) is 218 Å². The first-order valence-corrected chi connectivity index (χ1v) is 21.6. The summed E-state index contributed by atoms with van der Waals surface area (Å²) in [5.41, 5.74) is 13.1. The summed E-state index contributed by atoms with van der Waals surface area (Å²) in [6, 6.07) is 71.0. The Bertz CT molecular complexity index is 4060. The lowest BCUT2D eigenvalue weighted by Crippen LogP contribution is -2.07. The van der Waals surface area contributed by atoms with E-state index in [9.17, 15) is 0 Å². The lowest BCUT2D eigenvalue weighted by Gasteiger charge is -2.15. The lowest BCUT2D eigenvalue weighted by molar-refractivity contribution is 0.670. The van der Waals surface area contributed by atoms with Crippen LogP contribution in [0.2, 0.25) is 0 Å². The van der Waals surface area contributed by atoms with Crippen molar-refractivity contribution in [2.45, 2.75) is 0 Å². The maximum atomic E-state index is 7.64. The number of hydrogen-bond acceptors (Lipinski definition) is 4. The zero-order chi connectivity index (χ0) is 43.0. The number of nitrogens with zero attached hydrogens (tertiary/aromatic N) is 6. The van der Waals surface area contributed by atoms with Gasteiger partial charge in [-0.1, -0.05) is 176 Å². The van der Waals surface area contributed by atoms with Crippen LogP contribution in [0.1, 0.15) is 0 Å². The minimum absolute atomic E-state index is 0.518. The van der Waals surface area contributed by atoms with Crippen LogP contribution >= 0.6 is 0 Å². The van der Waals surface area contributed by atoms with Crippen molar-refractivity contribution in [2.75, 3.05) is 0 Å². The van der Waals surface area contributed by atoms with Gasteiger partial charge in [-0.25, -0.2) is 9.83 Å². The Kier molecular flexibility index (Phi) is 8.14. The second kappa shape index (κ2) is 14.5. The van der Waals surface area contributed by atoms with E-state index in [0.29, 0.717) is 23.3 Å². The van der Waals surface area contributed by atoms with E-state index in [1.165, 1.54) is 0 Å². The highest BCUT2D eigenvalue weighted by Crippen LogP contribution is 2.45. The van der Waals surface area contributed by atoms with Crippen LogP contribution in [-0.2, 0) is 0 Å². The van der Waals surface area contributed by atoms with Crippen LogP contribution in [0.5, 0.6) is 0 Å². The van der Waals surface area contributed by atoms with Crippen LogP contribution in [0.4, 0.5) is 5.69 Å². The van der Waals surface area contributed by atoms with E-state index in [2.05, 4.69) is 154 Å². The fourth-order valence-corrected chi connectivity index (χ4v) is 9.70. The maximum absolute atomic E-state index is 7.64. The first-order valence-electron chi connectivity index (χ1n) is 21.6. The second-order valence-electron chi connectivity index (χ2n) is 16.3. The van der Waals surface area contributed by atoms with Gasteiger partial charge in [-0.2, -0.15) is 9.97 Å². The number of aromatic nitrogens is 5. The van der Waals surface area contributed by atoms with E-state index >= 15 is 0 Å². The molecule has 302 valence electrons. The Balaban J connectivity index is 1.17. The van der Waals surface area contributed by atoms with Crippen LogP contribution in [0, 0.1) is 6.57 Å². The monoisotopic (exact) mass is 830 g/mol. The Labute approximate surface area is 372 Å². The summed E-state index contributed by atoms with van der Waals surface area (Å²) < 4.78 is 11.3. The summed E-state index contributed by atoms with van der Waals surface area (Å²) in [5.74, 6) is 1.68. The van der Waals surface area contributed by atoms with Crippen molar-refractivity contribution in [1.29, 1.82) is 0 Å². The molecule has 0 unspecified atom stereocenters. The largest absolute Gasteiger partial charge is 0.455 e. The Morgan fingerprint density at radius 3 is 1.66 bits per heavy atom. The third-order valence-electron chi connectivity index (χ3n) is 12.6. The molecule has 4 aromatic heterocycles. The van der Waals surface area contributed by atoms with Gasteiger partial charge in [0, 0.05) is 54.7 Å². The predicted molar refractivity (Wildman–Crippen MR) is 264 cm³/mol. The first-order chi connectivity index (χ1) is 32.2. The van der Waals surface area contributed by atoms with Gasteiger partial charge in [-0.05, 0) is 47.0 Å². The molecule has 65 heavy (non-hydrogen) atoms. The highest BCUT2D eigenvalue weighted by molar-refractivity contribution is 6.24. The summed E-state index contributed by atoms with van der Waals surface area (Å²) in [4.78, 5) is 19.7. The van der Waals surface area contributed by atoms with Crippen molar-refractivity contribution in [1.82, 2.24) is 24.1 Å². The first kappa shape index (κ1) is 36.5. The van der Waals surface area contributed by atoms with Gasteiger partial charge < -0.3 is 8.98 Å². The molecule has 0 saturated heterocycles. The third kappa shape index (κ3) is 5.71. The van der Waals surface area contributed by atoms with Crippen molar-refractivity contribution >= 4 is 71.2 Å². The SMILES string of the molecule is [C-]#[N+]c1ccc(-c2cc(-n3c4ccccc4c4ccc5c6ccccc6n(-c6nc(-c7ccccc7)nc(-c7ccccc7-c7ccccc7)n6)c5c43)cc3c2oc2ccccc23)cc1. The number of fused-ring (bicyclic) bond motifs is 10. The van der Waals surface area contributed by atoms with E-state index in [-0.39, 0.29) is 0 Å². The average molecular weight is 831 g/mol. The van der Waals surface area contributed by atoms with Crippen molar-refractivity contribution in [2.24, 2.45) is 0 Å². The molecule has 0 atom stereocenters. The number of benzene rings is 9. The van der Waals surface area contributed by atoms with Gasteiger partial charge >= 0.3 is 0 Å². The topological polar surface area (TPSA) is 66.0 Å². The molecule has 0 bridgehead atoms. The van der Waals surface area contributed by atoms with Gasteiger partial charge in [0.05, 0.1) is 28.6 Å². The van der Waals surface area contributed by atoms with E-state index in [1.54, 1.807) is 0 Å². The maximum Gasteiger partial charge on any atom is 0.238 e. The molecule has 0 spiro atoms. The Hall–Kier alpha value is -9.12. The minimum Gasteiger partial charge on any atom is -0.455 e. The average Bonchev–Trinajstić information content (AvgIpc) is 4.04. The standard InChI is InChI=1S/C58H34N6O/c1-59-39-30-28-37(29-31-39)48-34-40(35-49-44-23-12-15-27-52(44)65-55(48)49)63-50-25-13-10-21-42(50)45-32-33-46-43-22-11-14-26-51(43)64(54(46)53(45)63)58-61-56(38-18-6-3-7-19-38)60-57(62-58)47-24-9-8-20-41(47)36-16-4-2-5-17-36/h2-35H. The fourth-order valence-electron chi connectivity index (χ4n) is 9.70. The number of para-hydroxylation sites is 3. The highest BCUT2D eigenvalue weighted by Gasteiger charge is 2.25. The quantitative estimate of drug-likeness (QED) is 0.157. The van der Waals surface area contributed by atoms with Gasteiger partial charge in [0.1, 0.15) is 11.2 Å². The predicted octanol–water partition coefficient (Wildman–Crippen LogP) is 15.2. The fraction of sp³-hybridized carbons (Fsp3) is 0. The molecule has 0 aliphatic rings. The van der Waals surface area contributed by atoms with Crippen LogP contribution in [0.25, 0.3) is 127 Å². The molecule has 0 aliphatic carbocycles. The van der Waals surface area contributed by atoms with Crippen LogP contribution < -0.4 is 0 Å². The molecule has 7 heteroatoms. The van der Waals surface area contributed by atoms with Crippen LogP contribution in [0.3, 0.4) is 0 Å². The molecule has 0 radical (unpaired) electrons. The highest BCUT2D eigenvalue weighted by atomic mass is 16.3.